The summed E-state index contributed by atoms with van der Waals surface area (Å²) in [6, 6.07) is 0. The molecule has 2 rings (SSSR count). The number of hydrogen-bond donors (Lipinski definition) is 0. The molecule has 19 heavy (non-hydrogen) atoms. The van der Waals surface area contributed by atoms with E-state index in [0.717, 1.165) is 44.9 Å². The first-order chi connectivity index (χ1) is 9.19. The van der Waals surface area contributed by atoms with Crippen LogP contribution in [0.1, 0.15) is 77.6 Å². The minimum absolute atomic E-state index is 0.194. The molecule has 2 unspecified atom stereocenters. The van der Waals surface area contributed by atoms with Crippen LogP contribution < -0.4 is 0 Å². The van der Waals surface area contributed by atoms with Crippen LogP contribution >= 0.6 is 15.9 Å². The highest BCUT2D eigenvalue weighted by Crippen LogP contribution is 2.40. The Morgan fingerprint density at radius 1 is 1.26 bits per heavy atom. The standard InChI is InChI=1S/C16H27BrO2/c1-2-8-14(17)16(12-7-6-11-15(16)18)19-13-9-4-3-5-10-13/h13-14H,2-12H2,1H3. The predicted molar refractivity (Wildman–Crippen MR) is 81.8 cm³/mol. The summed E-state index contributed by atoms with van der Waals surface area (Å²) in [4.78, 5) is 12.7. The third kappa shape index (κ3) is 3.60. The smallest absolute Gasteiger partial charge is 0.165 e. The first-order valence-corrected chi connectivity index (χ1v) is 8.96. The molecule has 3 heteroatoms. The summed E-state index contributed by atoms with van der Waals surface area (Å²) in [6.45, 7) is 2.18. The van der Waals surface area contributed by atoms with Gasteiger partial charge in [0.2, 0.25) is 0 Å². The first kappa shape index (κ1) is 15.5. The summed E-state index contributed by atoms with van der Waals surface area (Å²) >= 11 is 3.78. The summed E-state index contributed by atoms with van der Waals surface area (Å²) in [5, 5.41) is 0. The number of hydrogen-bond acceptors (Lipinski definition) is 2. The second-order valence-corrected chi connectivity index (χ2v) is 7.26. The Bertz CT molecular complexity index is 299. The van der Waals surface area contributed by atoms with Crippen molar-refractivity contribution in [2.24, 2.45) is 0 Å². The summed E-state index contributed by atoms with van der Waals surface area (Å²) in [6.07, 6.45) is 12.4. The molecule has 2 fully saturated rings. The van der Waals surface area contributed by atoms with Crippen LogP contribution in [0.4, 0.5) is 0 Å². The van der Waals surface area contributed by atoms with Gasteiger partial charge in [0.05, 0.1) is 10.9 Å². The van der Waals surface area contributed by atoms with Crippen molar-refractivity contribution in [1.82, 2.24) is 0 Å². The maximum absolute atomic E-state index is 12.6. The molecule has 0 aliphatic heterocycles. The Labute approximate surface area is 125 Å². The summed E-state index contributed by atoms with van der Waals surface area (Å²) in [7, 11) is 0. The summed E-state index contributed by atoms with van der Waals surface area (Å²) in [5.74, 6) is 0.347. The Kier molecular flexibility index (Phi) is 5.88. The minimum atomic E-state index is -0.518. The van der Waals surface area contributed by atoms with Crippen LogP contribution in [0.3, 0.4) is 0 Å². The van der Waals surface area contributed by atoms with Crippen LogP contribution in [0, 0.1) is 0 Å². The van der Waals surface area contributed by atoms with Crippen molar-refractivity contribution in [1.29, 1.82) is 0 Å². The molecule has 0 bridgehead atoms. The fourth-order valence-electron chi connectivity index (χ4n) is 3.52. The second-order valence-electron chi connectivity index (χ2n) is 6.15. The fourth-order valence-corrected chi connectivity index (χ4v) is 4.57. The quantitative estimate of drug-likeness (QED) is 0.678. The average molecular weight is 331 g/mol. The Hall–Kier alpha value is 0.110. The first-order valence-electron chi connectivity index (χ1n) is 8.04. The molecule has 0 saturated heterocycles. The molecule has 0 aromatic heterocycles. The highest BCUT2D eigenvalue weighted by Gasteiger charge is 2.47. The van der Waals surface area contributed by atoms with E-state index in [2.05, 4.69) is 22.9 Å². The van der Waals surface area contributed by atoms with Crippen molar-refractivity contribution in [3.63, 3.8) is 0 Å². The molecule has 2 nitrogen and oxygen atoms in total. The van der Waals surface area contributed by atoms with Crippen LogP contribution in [-0.2, 0) is 9.53 Å². The normalized spacial score (nSPS) is 31.4. The van der Waals surface area contributed by atoms with Crippen molar-refractivity contribution in [2.75, 3.05) is 0 Å². The Morgan fingerprint density at radius 3 is 2.63 bits per heavy atom. The number of ether oxygens (including phenoxy) is 1. The van der Waals surface area contributed by atoms with E-state index in [-0.39, 0.29) is 4.83 Å². The van der Waals surface area contributed by atoms with Gasteiger partial charge in [-0.2, -0.15) is 0 Å². The van der Waals surface area contributed by atoms with Crippen molar-refractivity contribution in [2.45, 2.75) is 94.1 Å². The molecule has 0 spiro atoms. The number of carbonyl (C=O) groups excluding carboxylic acids is 1. The SMILES string of the molecule is CCCC(Br)C1(OC2CCCCC2)CCCCC1=O. The maximum atomic E-state index is 12.6. The molecular weight excluding hydrogens is 304 g/mol. The lowest BCUT2D eigenvalue weighted by Crippen LogP contribution is -2.53. The molecule has 0 amide bonds. The molecule has 2 saturated carbocycles. The molecule has 0 N–H and O–H groups in total. The van der Waals surface area contributed by atoms with Gasteiger partial charge in [-0.05, 0) is 38.5 Å². The fraction of sp³-hybridized carbons (Fsp3) is 0.938. The number of Topliss-reactive ketones (excluding diaryl/α,β-unsaturated/α-hetero) is 1. The monoisotopic (exact) mass is 330 g/mol. The lowest BCUT2D eigenvalue weighted by molar-refractivity contribution is -0.162. The van der Waals surface area contributed by atoms with Gasteiger partial charge in [-0.1, -0.05) is 48.5 Å². The molecular formula is C16H27BrO2. The van der Waals surface area contributed by atoms with Crippen LogP contribution in [0.5, 0.6) is 0 Å². The van der Waals surface area contributed by atoms with Crippen molar-refractivity contribution in [3.05, 3.63) is 0 Å². The summed E-state index contributed by atoms with van der Waals surface area (Å²) < 4.78 is 6.45. The molecule has 0 radical (unpaired) electrons. The third-order valence-corrected chi connectivity index (χ3v) is 5.85. The van der Waals surface area contributed by atoms with Crippen LogP contribution in [0.2, 0.25) is 0 Å². The number of alkyl halides is 1. The average Bonchev–Trinajstić information content (AvgIpc) is 2.43. The largest absolute Gasteiger partial charge is 0.363 e. The van der Waals surface area contributed by atoms with Gasteiger partial charge in [-0.15, -0.1) is 0 Å². The third-order valence-electron chi connectivity index (χ3n) is 4.65. The van der Waals surface area contributed by atoms with Gasteiger partial charge >= 0.3 is 0 Å². The maximum Gasteiger partial charge on any atom is 0.165 e. The zero-order valence-corrected chi connectivity index (χ0v) is 13.7. The topological polar surface area (TPSA) is 26.3 Å². The molecule has 0 aromatic carbocycles. The zero-order valence-electron chi connectivity index (χ0n) is 12.1. The molecule has 0 heterocycles. The van der Waals surface area contributed by atoms with E-state index in [1.54, 1.807) is 0 Å². The van der Waals surface area contributed by atoms with Gasteiger partial charge in [0, 0.05) is 6.42 Å². The van der Waals surface area contributed by atoms with Gasteiger partial charge in [0.25, 0.3) is 0 Å². The van der Waals surface area contributed by atoms with Crippen LogP contribution in [0.25, 0.3) is 0 Å². The van der Waals surface area contributed by atoms with Crippen molar-refractivity contribution < 1.29 is 9.53 Å². The number of rotatable bonds is 5. The lowest BCUT2D eigenvalue weighted by atomic mass is 9.79. The predicted octanol–water partition coefficient (Wildman–Crippen LogP) is 4.78. The van der Waals surface area contributed by atoms with Gasteiger partial charge < -0.3 is 4.74 Å². The Balaban J connectivity index is 2.10. The number of ketones is 1. The van der Waals surface area contributed by atoms with Crippen molar-refractivity contribution in [3.8, 4) is 0 Å². The van der Waals surface area contributed by atoms with Gasteiger partial charge in [-0.25, -0.2) is 0 Å². The van der Waals surface area contributed by atoms with E-state index < -0.39 is 5.60 Å². The molecule has 110 valence electrons. The Morgan fingerprint density at radius 2 is 2.00 bits per heavy atom. The van der Waals surface area contributed by atoms with E-state index >= 15 is 0 Å². The van der Waals surface area contributed by atoms with E-state index in [1.165, 1.54) is 19.3 Å². The highest BCUT2D eigenvalue weighted by molar-refractivity contribution is 9.09. The van der Waals surface area contributed by atoms with E-state index in [4.69, 9.17) is 4.74 Å². The zero-order chi connectivity index (χ0) is 13.7. The summed E-state index contributed by atoms with van der Waals surface area (Å²) in [5.41, 5.74) is -0.518. The van der Waals surface area contributed by atoms with Crippen molar-refractivity contribution >= 4 is 21.7 Å². The number of halogens is 1. The van der Waals surface area contributed by atoms with Gasteiger partial charge in [0.15, 0.2) is 5.78 Å². The van der Waals surface area contributed by atoms with Gasteiger partial charge in [0.1, 0.15) is 5.60 Å². The van der Waals surface area contributed by atoms with E-state index in [9.17, 15) is 4.79 Å². The molecule has 2 aliphatic carbocycles. The highest BCUT2D eigenvalue weighted by atomic mass is 79.9. The van der Waals surface area contributed by atoms with Gasteiger partial charge in [-0.3, -0.25) is 4.79 Å². The lowest BCUT2D eigenvalue weighted by Gasteiger charge is -2.42. The number of carbonyl (C=O) groups is 1. The molecule has 2 atom stereocenters. The second kappa shape index (κ2) is 7.21. The molecule has 0 aromatic rings. The van der Waals surface area contributed by atoms with Crippen LogP contribution in [0.15, 0.2) is 0 Å². The minimum Gasteiger partial charge on any atom is -0.363 e. The van der Waals surface area contributed by atoms with E-state index in [1.807, 2.05) is 0 Å². The van der Waals surface area contributed by atoms with Crippen LogP contribution in [-0.4, -0.2) is 22.3 Å². The molecule has 2 aliphatic rings. The van der Waals surface area contributed by atoms with E-state index in [0.29, 0.717) is 18.3 Å².